The Bertz CT molecular complexity index is 256. The molecule has 0 aliphatic heterocycles. The fourth-order valence-electron chi connectivity index (χ4n) is 0.420. The van der Waals surface area contributed by atoms with Gasteiger partial charge in [0.15, 0.2) is 6.10 Å². The van der Waals surface area contributed by atoms with Gasteiger partial charge in [0.25, 0.3) is 0 Å². The van der Waals surface area contributed by atoms with Crippen LogP contribution in [-0.2, 0) is 14.3 Å². The molecule has 0 radical (unpaired) electrons. The quantitative estimate of drug-likeness (QED) is 0.562. The smallest absolute Gasteiger partial charge is 0.425 e. The van der Waals surface area contributed by atoms with Crippen LogP contribution in [0, 0.1) is 0 Å². The molecule has 0 fully saturated rings. The summed E-state index contributed by atoms with van der Waals surface area (Å²) in [5.74, 6) is -2.79. The highest BCUT2D eigenvalue weighted by molar-refractivity contribution is 5.90. The molecule has 0 spiro atoms. The van der Waals surface area contributed by atoms with E-state index >= 15 is 0 Å². The third kappa shape index (κ3) is 5.18. The van der Waals surface area contributed by atoms with E-state index in [4.69, 9.17) is 5.11 Å². The summed E-state index contributed by atoms with van der Waals surface area (Å²) in [7, 11) is 0. The first-order valence-corrected chi connectivity index (χ1v) is 3.42. The molecule has 14 heavy (non-hydrogen) atoms. The third-order valence-corrected chi connectivity index (χ3v) is 1.12. The van der Waals surface area contributed by atoms with E-state index in [0.717, 1.165) is 0 Å². The van der Waals surface area contributed by atoms with Crippen molar-refractivity contribution in [2.45, 2.75) is 19.2 Å². The predicted octanol–water partition coefficient (Wildman–Crippen LogP) is 1.12. The number of hydrogen-bond donors (Lipinski definition) is 1. The molecule has 0 saturated heterocycles. The first kappa shape index (κ1) is 12.5. The standard InChI is InChI=1S/C7H7F3O4/c1-4(7(8,9)10)14-6(13)3-2-5(11)12/h2-4H,1H3,(H,11,12)/b3-2+. The third-order valence-electron chi connectivity index (χ3n) is 1.12. The van der Waals surface area contributed by atoms with Crippen molar-refractivity contribution in [3.05, 3.63) is 12.2 Å². The van der Waals surface area contributed by atoms with Crippen LogP contribution in [0.5, 0.6) is 0 Å². The molecule has 1 atom stereocenters. The number of carboxylic acid groups (broad SMARTS) is 1. The van der Waals surface area contributed by atoms with E-state index in [2.05, 4.69) is 4.74 Å². The topological polar surface area (TPSA) is 63.6 Å². The van der Waals surface area contributed by atoms with Crippen LogP contribution < -0.4 is 0 Å². The zero-order chi connectivity index (χ0) is 11.4. The van der Waals surface area contributed by atoms with Gasteiger partial charge in [-0.25, -0.2) is 9.59 Å². The Kier molecular flexibility index (Phi) is 4.13. The van der Waals surface area contributed by atoms with Crippen LogP contribution >= 0.6 is 0 Å². The second-order valence-corrected chi connectivity index (χ2v) is 2.29. The first-order chi connectivity index (χ1) is 6.23. The molecule has 0 amide bonds. The number of esters is 1. The molecular weight excluding hydrogens is 205 g/mol. The molecule has 1 N–H and O–H groups in total. The molecule has 0 bridgehead atoms. The van der Waals surface area contributed by atoms with Crippen LogP contribution in [0.1, 0.15) is 6.92 Å². The highest BCUT2D eigenvalue weighted by atomic mass is 19.4. The van der Waals surface area contributed by atoms with Gasteiger partial charge in [0.1, 0.15) is 0 Å². The Morgan fingerprint density at radius 2 is 1.86 bits per heavy atom. The lowest BCUT2D eigenvalue weighted by Gasteiger charge is -2.14. The SMILES string of the molecule is CC(OC(=O)/C=C/C(=O)O)C(F)(F)F. The number of aliphatic carboxylic acids is 1. The van der Waals surface area contributed by atoms with Crippen LogP contribution in [0.3, 0.4) is 0 Å². The van der Waals surface area contributed by atoms with Gasteiger partial charge >= 0.3 is 18.1 Å². The average Bonchev–Trinajstić information content (AvgIpc) is 1.99. The number of ether oxygens (including phenoxy) is 1. The molecule has 7 heteroatoms. The van der Waals surface area contributed by atoms with Crippen LogP contribution in [0.2, 0.25) is 0 Å². The lowest BCUT2D eigenvalue weighted by atomic mass is 10.4. The summed E-state index contributed by atoms with van der Waals surface area (Å²) in [5.41, 5.74) is 0. The lowest BCUT2D eigenvalue weighted by Crippen LogP contribution is -2.30. The van der Waals surface area contributed by atoms with Gasteiger partial charge in [0.05, 0.1) is 0 Å². The maximum Gasteiger partial charge on any atom is 0.425 e. The molecule has 0 aromatic rings. The van der Waals surface area contributed by atoms with Crippen molar-refractivity contribution in [3.63, 3.8) is 0 Å². The Balaban J connectivity index is 4.14. The summed E-state index contributed by atoms with van der Waals surface area (Å²) in [6.45, 7) is 0.645. The molecule has 0 saturated carbocycles. The van der Waals surface area contributed by atoms with Gasteiger partial charge in [-0.15, -0.1) is 0 Å². The van der Waals surface area contributed by atoms with Gasteiger partial charge in [-0.3, -0.25) is 0 Å². The Morgan fingerprint density at radius 3 is 2.21 bits per heavy atom. The summed E-state index contributed by atoms with van der Waals surface area (Å²) in [6, 6.07) is 0. The Labute approximate surface area is 77.0 Å². The summed E-state index contributed by atoms with van der Waals surface area (Å²) in [5, 5.41) is 8.04. The summed E-state index contributed by atoms with van der Waals surface area (Å²) < 4.78 is 39.2. The van der Waals surface area contributed by atoms with Gasteiger partial charge in [-0.2, -0.15) is 13.2 Å². The molecule has 80 valence electrons. The molecular formula is C7H7F3O4. The van der Waals surface area contributed by atoms with Gasteiger partial charge in [-0.05, 0) is 6.92 Å². The fourth-order valence-corrected chi connectivity index (χ4v) is 0.420. The van der Waals surface area contributed by atoms with Crippen LogP contribution in [-0.4, -0.2) is 29.3 Å². The lowest BCUT2D eigenvalue weighted by molar-refractivity contribution is -0.213. The number of alkyl halides is 3. The van der Waals surface area contributed by atoms with Crippen molar-refractivity contribution in [2.24, 2.45) is 0 Å². The van der Waals surface area contributed by atoms with Gasteiger partial charge in [0, 0.05) is 12.2 Å². The number of hydrogen-bond acceptors (Lipinski definition) is 3. The highest BCUT2D eigenvalue weighted by Crippen LogP contribution is 2.22. The Morgan fingerprint density at radius 1 is 1.36 bits per heavy atom. The van der Waals surface area contributed by atoms with Crippen LogP contribution in [0.4, 0.5) is 13.2 Å². The van der Waals surface area contributed by atoms with E-state index in [1.807, 2.05) is 0 Å². The number of carbonyl (C=O) groups excluding carboxylic acids is 1. The normalized spacial score (nSPS) is 14.0. The number of rotatable bonds is 3. The molecule has 0 heterocycles. The van der Waals surface area contributed by atoms with E-state index in [-0.39, 0.29) is 0 Å². The minimum atomic E-state index is -4.65. The van der Waals surface area contributed by atoms with Crippen molar-refractivity contribution >= 4 is 11.9 Å². The largest absolute Gasteiger partial charge is 0.478 e. The maximum absolute atomic E-state index is 11.8. The van der Waals surface area contributed by atoms with E-state index in [0.29, 0.717) is 19.1 Å². The van der Waals surface area contributed by atoms with Crippen LogP contribution in [0.25, 0.3) is 0 Å². The molecule has 0 aromatic heterocycles. The van der Waals surface area contributed by atoms with Gasteiger partial charge in [0.2, 0.25) is 0 Å². The van der Waals surface area contributed by atoms with Crippen molar-refractivity contribution in [1.29, 1.82) is 0 Å². The molecule has 1 unspecified atom stereocenters. The second kappa shape index (κ2) is 4.64. The second-order valence-electron chi connectivity index (χ2n) is 2.29. The monoisotopic (exact) mass is 212 g/mol. The fraction of sp³-hybridized carbons (Fsp3) is 0.429. The summed E-state index contributed by atoms with van der Waals surface area (Å²) >= 11 is 0. The molecule has 4 nitrogen and oxygen atoms in total. The van der Waals surface area contributed by atoms with E-state index in [1.54, 1.807) is 0 Å². The highest BCUT2D eigenvalue weighted by Gasteiger charge is 2.38. The van der Waals surface area contributed by atoms with Gasteiger partial charge in [-0.1, -0.05) is 0 Å². The van der Waals surface area contributed by atoms with Crippen LogP contribution in [0.15, 0.2) is 12.2 Å². The minimum Gasteiger partial charge on any atom is -0.478 e. The molecule has 0 aromatic carbocycles. The summed E-state index contributed by atoms with van der Waals surface area (Å²) in [6.07, 6.45) is -6.10. The van der Waals surface area contributed by atoms with E-state index in [9.17, 15) is 22.8 Å². The van der Waals surface area contributed by atoms with Crippen molar-refractivity contribution < 1.29 is 32.6 Å². The van der Waals surface area contributed by atoms with E-state index in [1.165, 1.54) is 0 Å². The molecule has 0 aliphatic rings. The summed E-state index contributed by atoms with van der Waals surface area (Å²) in [4.78, 5) is 20.4. The van der Waals surface area contributed by atoms with Crippen molar-refractivity contribution in [3.8, 4) is 0 Å². The van der Waals surface area contributed by atoms with Crippen molar-refractivity contribution in [1.82, 2.24) is 0 Å². The average molecular weight is 212 g/mol. The predicted molar refractivity (Wildman–Crippen MR) is 38.4 cm³/mol. The zero-order valence-corrected chi connectivity index (χ0v) is 7.04. The molecule has 0 aliphatic carbocycles. The van der Waals surface area contributed by atoms with Gasteiger partial charge < -0.3 is 9.84 Å². The number of carboxylic acids is 1. The minimum absolute atomic E-state index is 0.394. The number of halogens is 3. The first-order valence-electron chi connectivity index (χ1n) is 3.42. The maximum atomic E-state index is 11.8. The number of carbonyl (C=O) groups is 2. The Hall–Kier alpha value is -1.53. The van der Waals surface area contributed by atoms with Crippen molar-refractivity contribution in [2.75, 3.05) is 0 Å². The molecule has 0 rings (SSSR count). The zero-order valence-electron chi connectivity index (χ0n) is 7.04. The van der Waals surface area contributed by atoms with E-state index < -0.39 is 24.2 Å².